The Hall–Kier alpha value is -0.740. The summed E-state index contributed by atoms with van der Waals surface area (Å²) in [5.74, 6) is 0. The third kappa shape index (κ3) is 13.3. The van der Waals surface area contributed by atoms with Gasteiger partial charge in [-0.2, -0.15) is 0 Å². The Labute approximate surface area is 98.2 Å². The van der Waals surface area contributed by atoms with Crippen LogP contribution in [-0.4, -0.2) is 38.8 Å². The maximum atomic E-state index is 10.0. The molecule has 0 spiro atoms. The highest BCUT2D eigenvalue weighted by Crippen LogP contribution is 1.87. The number of hydrogen-bond donors (Lipinski definition) is 2. The molecule has 0 aromatic carbocycles. The van der Waals surface area contributed by atoms with Crippen molar-refractivity contribution in [2.45, 2.75) is 38.5 Å². The van der Waals surface area contributed by atoms with Crippen LogP contribution in [0.2, 0.25) is 0 Å². The predicted molar refractivity (Wildman–Crippen MR) is 65.6 cm³/mol. The summed E-state index contributed by atoms with van der Waals surface area (Å²) in [6.07, 6.45) is 7.43. The summed E-state index contributed by atoms with van der Waals surface area (Å²) in [5, 5.41) is 6.60. The summed E-state index contributed by atoms with van der Waals surface area (Å²) < 4.78 is 0. The lowest BCUT2D eigenvalue weighted by Crippen LogP contribution is -2.20. The molecule has 0 fully saturated rings. The molecule has 0 amide bonds. The van der Waals surface area contributed by atoms with E-state index in [1.807, 2.05) is 0 Å². The Bertz CT molecular complexity index is 145. The van der Waals surface area contributed by atoms with E-state index in [-0.39, 0.29) is 0 Å². The van der Waals surface area contributed by atoms with E-state index < -0.39 is 0 Å². The number of aldehydes is 2. The van der Waals surface area contributed by atoms with Crippen LogP contribution in [0.15, 0.2) is 0 Å². The van der Waals surface area contributed by atoms with Gasteiger partial charge >= 0.3 is 0 Å². The van der Waals surface area contributed by atoms with Crippen molar-refractivity contribution in [2.24, 2.45) is 0 Å². The van der Waals surface area contributed by atoms with Gasteiger partial charge in [0, 0.05) is 12.8 Å². The predicted octanol–water partition coefficient (Wildman–Crippen LogP) is 0.904. The minimum atomic E-state index is 0.658. The maximum absolute atomic E-state index is 10.0. The topological polar surface area (TPSA) is 58.2 Å². The minimum absolute atomic E-state index is 0.658. The molecule has 0 saturated carbocycles. The van der Waals surface area contributed by atoms with Crippen molar-refractivity contribution < 1.29 is 9.59 Å². The second-order valence-corrected chi connectivity index (χ2v) is 3.82. The number of nitrogens with one attached hydrogen (secondary N) is 2. The smallest absolute Gasteiger partial charge is 0.120 e. The first kappa shape index (κ1) is 15.3. The Kier molecular flexibility index (Phi) is 13.6. The van der Waals surface area contributed by atoms with E-state index in [1.165, 1.54) is 0 Å². The summed E-state index contributed by atoms with van der Waals surface area (Å²) in [6, 6.07) is 0. The van der Waals surface area contributed by atoms with E-state index in [9.17, 15) is 9.59 Å². The van der Waals surface area contributed by atoms with Crippen molar-refractivity contribution in [2.75, 3.05) is 26.2 Å². The van der Waals surface area contributed by atoms with Crippen molar-refractivity contribution in [3.05, 3.63) is 0 Å². The first-order valence-electron chi connectivity index (χ1n) is 6.20. The molecule has 0 saturated heterocycles. The van der Waals surface area contributed by atoms with Crippen LogP contribution in [0.1, 0.15) is 38.5 Å². The molecule has 0 unspecified atom stereocenters. The van der Waals surface area contributed by atoms with Crippen molar-refractivity contribution >= 4 is 12.6 Å². The Morgan fingerprint density at radius 3 is 1.38 bits per heavy atom. The zero-order valence-corrected chi connectivity index (χ0v) is 10.0. The van der Waals surface area contributed by atoms with Gasteiger partial charge in [0.2, 0.25) is 0 Å². The van der Waals surface area contributed by atoms with Crippen molar-refractivity contribution in [3.8, 4) is 0 Å². The van der Waals surface area contributed by atoms with Gasteiger partial charge in [-0.25, -0.2) is 0 Å². The third-order valence-electron chi connectivity index (χ3n) is 2.31. The van der Waals surface area contributed by atoms with E-state index in [1.54, 1.807) is 0 Å². The molecule has 0 bridgehead atoms. The molecular weight excluding hydrogens is 204 g/mol. The highest BCUT2D eigenvalue weighted by molar-refractivity contribution is 5.49. The molecule has 0 rings (SSSR count). The molecule has 0 atom stereocenters. The molecule has 2 N–H and O–H groups in total. The molecule has 16 heavy (non-hydrogen) atoms. The van der Waals surface area contributed by atoms with Crippen molar-refractivity contribution in [3.63, 3.8) is 0 Å². The van der Waals surface area contributed by atoms with Gasteiger partial charge in [0.25, 0.3) is 0 Å². The largest absolute Gasteiger partial charge is 0.317 e. The van der Waals surface area contributed by atoms with E-state index in [4.69, 9.17) is 0 Å². The van der Waals surface area contributed by atoms with Crippen LogP contribution >= 0.6 is 0 Å². The zero-order chi connectivity index (χ0) is 11.9. The second-order valence-electron chi connectivity index (χ2n) is 3.82. The number of unbranched alkanes of at least 4 members (excludes halogenated alkanes) is 3. The highest BCUT2D eigenvalue weighted by atomic mass is 16.1. The number of carbonyl (C=O) groups excluding carboxylic acids is 2. The number of rotatable bonds is 13. The molecule has 4 nitrogen and oxygen atoms in total. The Morgan fingerprint density at radius 1 is 0.625 bits per heavy atom. The second kappa shape index (κ2) is 14.3. The van der Waals surface area contributed by atoms with Gasteiger partial charge in [-0.1, -0.05) is 0 Å². The molecule has 0 aliphatic rings. The normalized spacial score (nSPS) is 10.2. The molecule has 0 radical (unpaired) electrons. The van der Waals surface area contributed by atoms with Crippen LogP contribution in [0.3, 0.4) is 0 Å². The van der Waals surface area contributed by atoms with Crippen LogP contribution in [0.25, 0.3) is 0 Å². The average Bonchev–Trinajstić information content (AvgIpc) is 2.31. The fraction of sp³-hybridized carbons (Fsp3) is 0.833. The fourth-order valence-electron chi connectivity index (χ4n) is 1.37. The molecule has 0 aromatic heterocycles. The highest BCUT2D eigenvalue weighted by Gasteiger charge is 1.90. The maximum Gasteiger partial charge on any atom is 0.120 e. The molecule has 4 heteroatoms. The fourth-order valence-corrected chi connectivity index (χ4v) is 1.37. The van der Waals surface area contributed by atoms with Gasteiger partial charge in [0.1, 0.15) is 12.6 Å². The van der Waals surface area contributed by atoms with Gasteiger partial charge in [0.05, 0.1) is 0 Å². The van der Waals surface area contributed by atoms with E-state index in [2.05, 4.69) is 10.6 Å². The SMILES string of the molecule is O=CCCCNCCCCNCCCC=O. The standard InChI is InChI=1S/C12H24N2O2/c15-11-5-3-9-13-7-1-2-8-14-10-4-6-12-16/h11-14H,1-10H2. The first-order valence-corrected chi connectivity index (χ1v) is 6.20. The van der Waals surface area contributed by atoms with E-state index in [0.29, 0.717) is 12.8 Å². The first-order chi connectivity index (χ1) is 7.91. The molecule has 0 aliphatic heterocycles. The lowest BCUT2D eigenvalue weighted by molar-refractivity contribution is -0.108. The van der Waals surface area contributed by atoms with Gasteiger partial charge in [-0.05, 0) is 51.9 Å². The van der Waals surface area contributed by atoms with E-state index >= 15 is 0 Å². The zero-order valence-electron chi connectivity index (χ0n) is 10.0. The van der Waals surface area contributed by atoms with Crippen molar-refractivity contribution in [1.82, 2.24) is 10.6 Å². The van der Waals surface area contributed by atoms with Crippen LogP contribution in [0.5, 0.6) is 0 Å². The summed E-state index contributed by atoms with van der Waals surface area (Å²) in [4.78, 5) is 20.1. The van der Waals surface area contributed by atoms with Crippen molar-refractivity contribution in [1.29, 1.82) is 0 Å². The van der Waals surface area contributed by atoms with Crippen LogP contribution in [-0.2, 0) is 9.59 Å². The molecule has 0 aliphatic carbocycles. The lowest BCUT2D eigenvalue weighted by atomic mass is 10.3. The average molecular weight is 228 g/mol. The summed E-state index contributed by atoms with van der Waals surface area (Å²) in [5.41, 5.74) is 0. The van der Waals surface area contributed by atoms with Crippen LogP contribution in [0.4, 0.5) is 0 Å². The number of hydrogen-bond acceptors (Lipinski definition) is 4. The molecule has 0 aromatic rings. The molecular formula is C12H24N2O2. The van der Waals surface area contributed by atoms with Crippen LogP contribution < -0.4 is 10.6 Å². The summed E-state index contributed by atoms with van der Waals surface area (Å²) in [7, 11) is 0. The quantitative estimate of drug-likeness (QED) is 0.363. The minimum Gasteiger partial charge on any atom is -0.317 e. The summed E-state index contributed by atoms with van der Waals surface area (Å²) in [6.45, 7) is 3.92. The van der Waals surface area contributed by atoms with Gasteiger partial charge < -0.3 is 20.2 Å². The van der Waals surface area contributed by atoms with Gasteiger partial charge in [-0.15, -0.1) is 0 Å². The summed E-state index contributed by atoms with van der Waals surface area (Å²) >= 11 is 0. The number of carbonyl (C=O) groups is 2. The Morgan fingerprint density at radius 2 is 1.00 bits per heavy atom. The van der Waals surface area contributed by atoms with Gasteiger partial charge in [0.15, 0.2) is 0 Å². The van der Waals surface area contributed by atoms with Gasteiger partial charge in [-0.3, -0.25) is 0 Å². The lowest BCUT2D eigenvalue weighted by Gasteiger charge is -2.04. The molecule has 0 heterocycles. The van der Waals surface area contributed by atoms with Crippen LogP contribution in [0, 0.1) is 0 Å². The van der Waals surface area contributed by atoms with E-state index in [0.717, 1.165) is 64.4 Å². The monoisotopic (exact) mass is 228 g/mol. The Balaban J connectivity index is 2.87. The molecule has 94 valence electrons. The third-order valence-corrected chi connectivity index (χ3v) is 2.31.